The van der Waals surface area contributed by atoms with Gasteiger partial charge in [-0.1, -0.05) is 38.0 Å². The third-order valence-corrected chi connectivity index (χ3v) is 5.66. The molecule has 2 atom stereocenters. The van der Waals surface area contributed by atoms with Crippen LogP contribution >= 0.6 is 0 Å². The smallest absolute Gasteiger partial charge is 0.291 e. The predicted octanol–water partition coefficient (Wildman–Crippen LogP) is 2.58. The molecule has 1 aromatic carbocycles. The highest BCUT2D eigenvalue weighted by Gasteiger charge is 2.23. The average Bonchev–Trinajstić information content (AvgIpc) is 2.93. The van der Waals surface area contributed by atoms with Crippen LogP contribution < -0.4 is 10.9 Å². The molecule has 2 heterocycles. The van der Waals surface area contributed by atoms with Gasteiger partial charge in [-0.2, -0.15) is 5.10 Å². The van der Waals surface area contributed by atoms with Gasteiger partial charge in [0.05, 0.1) is 6.20 Å². The first-order valence-corrected chi connectivity index (χ1v) is 9.29. The van der Waals surface area contributed by atoms with E-state index in [0.29, 0.717) is 11.4 Å². The largest absolute Gasteiger partial charge is 0.351 e. The van der Waals surface area contributed by atoms with Crippen LogP contribution in [-0.4, -0.2) is 26.3 Å². The second-order valence-electron chi connectivity index (χ2n) is 7.38. The number of rotatable bonds is 3. The zero-order valence-corrected chi connectivity index (χ0v) is 15.2. The molecule has 1 fully saturated rings. The summed E-state index contributed by atoms with van der Waals surface area (Å²) in [6.07, 6.45) is 6.22. The van der Waals surface area contributed by atoms with Gasteiger partial charge in [0.25, 0.3) is 5.56 Å². The fourth-order valence-corrected chi connectivity index (χ4v) is 4.15. The molecule has 136 valence electrons. The van der Waals surface area contributed by atoms with Gasteiger partial charge >= 0.3 is 0 Å². The summed E-state index contributed by atoms with van der Waals surface area (Å²) in [7, 11) is 1.88. The van der Waals surface area contributed by atoms with Gasteiger partial charge < -0.3 is 9.88 Å². The molecule has 26 heavy (non-hydrogen) atoms. The van der Waals surface area contributed by atoms with Crippen molar-refractivity contribution in [1.82, 2.24) is 19.7 Å². The summed E-state index contributed by atoms with van der Waals surface area (Å²) in [4.78, 5) is 25.4. The number of aryl methyl sites for hydroxylation is 1. The third kappa shape index (κ3) is 2.79. The molecule has 2 aromatic heterocycles. The van der Waals surface area contributed by atoms with E-state index >= 15 is 0 Å². The number of fused-ring (bicyclic) bond motifs is 3. The Labute approximate surface area is 151 Å². The summed E-state index contributed by atoms with van der Waals surface area (Å²) in [6, 6.07) is 8.07. The van der Waals surface area contributed by atoms with E-state index in [1.54, 1.807) is 6.20 Å². The minimum atomic E-state index is -0.229. The summed E-state index contributed by atoms with van der Waals surface area (Å²) >= 11 is 0. The van der Waals surface area contributed by atoms with Crippen molar-refractivity contribution in [3.8, 4) is 0 Å². The highest BCUT2D eigenvalue weighted by molar-refractivity contribution is 6.07. The maximum Gasteiger partial charge on any atom is 0.291 e. The maximum absolute atomic E-state index is 12.9. The molecular weight excluding hydrogens is 328 g/mol. The summed E-state index contributed by atoms with van der Waals surface area (Å²) in [5, 5.41) is 9.17. The first-order valence-electron chi connectivity index (χ1n) is 9.29. The molecule has 3 aromatic rings. The van der Waals surface area contributed by atoms with Crippen LogP contribution in [0.2, 0.25) is 0 Å². The molecule has 0 saturated heterocycles. The summed E-state index contributed by atoms with van der Waals surface area (Å²) < 4.78 is 3.15. The quantitative estimate of drug-likeness (QED) is 0.788. The molecule has 1 aliphatic carbocycles. The van der Waals surface area contributed by atoms with Crippen LogP contribution in [0.3, 0.4) is 0 Å². The lowest BCUT2D eigenvalue weighted by Gasteiger charge is -2.29. The molecule has 0 spiro atoms. The zero-order chi connectivity index (χ0) is 18.3. The first kappa shape index (κ1) is 16.8. The molecule has 6 nitrogen and oxygen atoms in total. The lowest BCUT2D eigenvalue weighted by Crippen LogP contribution is -2.43. The fourth-order valence-electron chi connectivity index (χ4n) is 4.15. The van der Waals surface area contributed by atoms with E-state index < -0.39 is 0 Å². The molecule has 1 N–H and O–H groups in total. The Morgan fingerprint density at radius 2 is 2.00 bits per heavy atom. The summed E-state index contributed by atoms with van der Waals surface area (Å²) in [5.74, 6) is 0.342. The topological polar surface area (TPSA) is 68.9 Å². The molecule has 4 rings (SSSR count). The molecule has 0 aliphatic heterocycles. The Morgan fingerprint density at radius 1 is 1.23 bits per heavy atom. The molecule has 1 saturated carbocycles. The van der Waals surface area contributed by atoms with Crippen LogP contribution in [0.25, 0.3) is 21.8 Å². The summed E-state index contributed by atoms with van der Waals surface area (Å²) in [5.41, 5.74) is 1.34. The van der Waals surface area contributed by atoms with Crippen LogP contribution in [-0.2, 0) is 18.4 Å². The molecular formula is C20H24N4O2. The molecule has 6 heteroatoms. The minimum absolute atomic E-state index is 0.0421. The number of amides is 1. The van der Waals surface area contributed by atoms with E-state index in [1.165, 1.54) is 11.1 Å². The highest BCUT2D eigenvalue weighted by atomic mass is 16.2. The van der Waals surface area contributed by atoms with Crippen molar-refractivity contribution < 1.29 is 4.79 Å². The second-order valence-corrected chi connectivity index (χ2v) is 7.38. The van der Waals surface area contributed by atoms with Crippen LogP contribution in [0.1, 0.15) is 32.6 Å². The number of carbonyl (C=O) groups is 1. The molecule has 0 radical (unpaired) electrons. The van der Waals surface area contributed by atoms with E-state index in [-0.39, 0.29) is 24.1 Å². The Bertz CT molecular complexity index is 1030. The Morgan fingerprint density at radius 3 is 2.81 bits per heavy atom. The molecule has 0 unspecified atom stereocenters. The van der Waals surface area contributed by atoms with Gasteiger partial charge in [0, 0.05) is 29.4 Å². The first-order chi connectivity index (χ1) is 12.6. The number of para-hydroxylation sites is 1. The van der Waals surface area contributed by atoms with E-state index in [4.69, 9.17) is 0 Å². The standard InChI is InChI=1S/C20H24N4O2/c1-13-7-3-5-9-16(13)22-18(25)12-24-20(26)19-15(11-21-24)14-8-4-6-10-17(14)23(19)2/h4,6,8,10-11,13,16H,3,5,7,9,12H2,1-2H3,(H,22,25)/t13-,16+/m0/s1. The van der Waals surface area contributed by atoms with Crippen molar-refractivity contribution in [3.63, 3.8) is 0 Å². The SMILES string of the molecule is C[C@H]1CCCC[C@H]1NC(=O)Cn1ncc2c3ccccc3n(C)c2c1=O. The van der Waals surface area contributed by atoms with Gasteiger partial charge in [0.2, 0.25) is 5.91 Å². The molecule has 1 aliphatic rings. The number of benzene rings is 1. The van der Waals surface area contributed by atoms with Crippen molar-refractivity contribution in [2.75, 3.05) is 0 Å². The number of nitrogens with one attached hydrogen (secondary N) is 1. The Balaban J connectivity index is 1.64. The summed E-state index contributed by atoms with van der Waals surface area (Å²) in [6.45, 7) is 2.13. The number of nitrogens with zero attached hydrogens (tertiary/aromatic N) is 3. The van der Waals surface area contributed by atoms with Crippen molar-refractivity contribution in [2.24, 2.45) is 13.0 Å². The van der Waals surface area contributed by atoms with Crippen molar-refractivity contribution in [1.29, 1.82) is 0 Å². The lowest BCUT2D eigenvalue weighted by atomic mass is 9.86. The van der Waals surface area contributed by atoms with Crippen LogP contribution in [0, 0.1) is 5.92 Å². The second kappa shape index (κ2) is 6.59. The Hall–Kier alpha value is -2.63. The van der Waals surface area contributed by atoms with Crippen LogP contribution in [0.15, 0.2) is 35.3 Å². The number of hydrogen-bond acceptors (Lipinski definition) is 3. The van der Waals surface area contributed by atoms with Crippen LogP contribution in [0.5, 0.6) is 0 Å². The maximum atomic E-state index is 12.9. The van der Waals surface area contributed by atoms with E-state index in [1.807, 2.05) is 35.9 Å². The number of hydrogen-bond donors (Lipinski definition) is 1. The van der Waals surface area contributed by atoms with E-state index in [2.05, 4.69) is 17.3 Å². The number of aromatic nitrogens is 3. The predicted molar refractivity (Wildman–Crippen MR) is 102 cm³/mol. The van der Waals surface area contributed by atoms with Gasteiger partial charge in [0.15, 0.2) is 0 Å². The molecule has 1 amide bonds. The minimum Gasteiger partial charge on any atom is -0.351 e. The van der Waals surface area contributed by atoms with Crippen LogP contribution in [0.4, 0.5) is 0 Å². The normalized spacial score (nSPS) is 20.5. The van der Waals surface area contributed by atoms with E-state index in [9.17, 15) is 9.59 Å². The van der Waals surface area contributed by atoms with Gasteiger partial charge in [-0.05, 0) is 24.8 Å². The fraction of sp³-hybridized carbons (Fsp3) is 0.450. The third-order valence-electron chi connectivity index (χ3n) is 5.66. The van der Waals surface area contributed by atoms with Gasteiger partial charge in [-0.15, -0.1) is 0 Å². The van der Waals surface area contributed by atoms with Crippen molar-refractivity contribution in [2.45, 2.75) is 45.2 Å². The van der Waals surface area contributed by atoms with E-state index in [0.717, 1.165) is 35.6 Å². The zero-order valence-electron chi connectivity index (χ0n) is 15.2. The van der Waals surface area contributed by atoms with Crippen molar-refractivity contribution >= 4 is 27.7 Å². The average molecular weight is 352 g/mol. The number of carbonyl (C=O) groups excluding carboxylic acids is 1. The Kier molecular flexibility index (Phi) is 4.26. The molecule has 0 bridgehead atoms. The lowest BCUT2D eigenvalue weighted by molar-refractivity contribution is -0.123. The van der Waals surface area contributed by atoms with Gasteiger partial charge in [-0.3, -0.25) is 9.59 Å². The highest BCUT2D eigenvalue weighted by Crippen LogP contribution is 2.25. The van der Waals surface area contributed by atoms with Gasteiger partial charge in [0.1, 0.15) is 12.1 Å². The van der Waals surface area contributed by atoms with Gasteiger partial charge in [-0.25, -0.2) is 4.68 Å². The monoisotopic (exact) mass is 352 g/mol. The van der Waals surface area contributed by atoms with Crippen molar-refractivity contribution in [3.05, 3.63) is 40.8 Å².